The van der Waals surface area contributed by atoms with Gasteiger partial charge in [0.2, 0.25) is 5.91 Å². The van der Waals surface area contributed by atoms with Gasteiger partial charge in [-0.05, 0) is 38.0 Å². The number of nitrogens with one attached hydrogen (secondary N) is 1. The van der Waals surface area contributed by atoms with E-state index in [-0.39, 0.29) is 18.1 Å². The van der Waals surface area contributed by atoms with Crippen LogP contribution in [-0.4, -0.2) is 44.0 Å². The number of aliphatic hydroxyl groups excluding tert-OH is 1. The molecule has 2 heterocycles. The Morgan fingerprint density at radius 3 is 3.04 bits per heavy atom. The van der Waals surface area contributed by atoms with Crippen molar-refractivity contribution in [2.24, 2.45) is 0 Å². The number of carbonyl (C=O) groups excluding carboxylic acids is 1. The standard InChI is InChI=1S/C17H22N4O3/c1-12-6-9-21(20-12)10-7-16(22)19-14-4-5-15(17(14)23)24-13-3-2-8-18-11-13/h2-3,6,8-9,11,14-15,17,23H,4-5,7,10H2,1H3,(H,19,22)/t14-,15-,17-/m1/s1. The Bertz CT molecular complexity index is 673. The van der Waals surface area contributed by atoms with Crippen molar-refractivity contribution < 1.29 is 14.6 Å². The quantitative estimate of drug-likeness (QED) is 0.827. The lowest BCUT2D eigenvalue weighted by molar-refractivity contribution is -0.122. The molecule has 0 aromatic carbocycles. The van der Waals surface area contributed by atoms with Crippen LogP contribution in [0, 0.1) is 6.92 Å². The zero-order chi connectivity index (χ0) is 16.9. The predicted octanol–water partition coefficient (Wildman–Crippen LogP) is 1.06. The van der Waals surface area contributed by atoms with Crippen LogP contribution >= 0.6 is 0 Å². The molecule has 1 amide bonds. The molecule has 0 spiro atoms. The third kappa shape index (κ3) is 4.11. The van der Waals surface area contributed by atoms with Gasteiger partial charge < -0.3 is 15.2 Å². The summed E-state index contributed by atoms with van der Waals surface area (Å²) in [5.41, 5.74) is 0.928. The van der Waals surface area contributed by atoms with E-state index in [9.17, 15) is 9.90 Å². The molecule has 2 aromatic rings. The second kappa shape index (κ2) is 7.44. The van der Waals surface area contributed by atoms with Crippen LogP contribution in [0.2, 0.25) is 0 Å². The van der Waals surface area contributed by atoms with E-state index >= 15 is 0 Å². The minimum absolute atomic E-state index is 0.0887. The average molecular weight is 330 g/mol. The first-order valence-electron chi connectivity index (χ1n) is 8.16. The van der Waals surface area contributed by atoms with Crippen LogP contribution in [-0.2, 0) is 11.3 Å². The molecule has 2 aromatic heterocycles. The summed E-state index contributed by atoms with van der Waals surface area (Å²) < 4.78 is 7.50. The average Bonchev–Trinajstić information content (AvgIpc) is 3.14. The maximum Gasteiger partial charge on any atom is 0.222 e. The van der Waals surface area contributed by atoms with Crippen molar-refractivity contribution in [1.29, 1.82) is 0 Å². The summed E-state index contributed by atoms with van der Waals surface area (Å²) in [6, 6.07) is 5.21. The molecular formula is C17H22N4O3. The van der Waals surface area contributed by atoms with Gasteiger partial charge in [-0.15, -0.1) is 0 Å². The summed E-state index contributed by atoms with van der Waals surface area (Å²) in [4.78, 5) is 16.1. The van der Waals surface area contributed by atoms with Gasteiger partial charge in [-0.2, -0.15) is 5.10 Å². The summed E-state index contributed by atoms with van der Waals surface area (Å²) in [6.45, 7) is 2.44. The lowest BCUT2D eigenvalue weighted by atomic mass is 10.2. The highest BCUT2D eigenvalue weighted by atomic mass is 16.5. The van der Waals surface area contributed by atoms with Crippen molar-refractivity contribution in [3.63, 3.8) is 0 Å². The molecule has 7 heteroatoms. The number of rotatable bonds is 6. The van der Waals surface area contributed by atoms with Crippen molar-refractivity contribution in [3.05, 3.63) is 42.5 Å². The molecule has 0 bridgehead atoms. The fourth-order valence-electron chi connectivity index (χ4n) is 2.90. The van der Waals surface area contributed by atoms with E-state index in [2.05, 4.69) is 15.4 Å². The molecule has 24 heavy (non-hydrogen) atoms. The van der Waals surface area contributed by atoms with E-state index in [0.29, 0.717) is 31.6 Å². The van der Waals surface area contributed by atoms with Crippen molar-refractivity contribution in [2.75, 3.05) is 0 Å². The first-order chi connectivity index (χ1) is 11.6. The Morgan fingerprint density at radius 2 is 2.33 bits per heavy atom. The third-order valence-corrected chi connectivity index (χ3v) is 4.17. The highest BCUT2D eigenvalue weighted by Gasteiger charge is 2.37. The summed E-state index contributed by atoms with van der Waals surface area (Å²) in [5, 5.41) is 17.5. The molecule has 128 valence electrons. The van der Waals surface area contributed by atoms with Crippen LogP contribution in [0.4, 0.5) is 0 Å². The van der Waals surface area contributed by atoms with Crippen LogP contribution < -0.4 is 10.1 Å². The van der Waals surface area contributed by atoms with Gasteiger partial charge >= 0.3 is 0 Å². The number of nitrogens with zero attached hydrogens (tertiary/aromatic N) is 3. The molecule has 0 unspecified atom stereocenters. The van der Waals surface area contributed by atoms with E-state index < -0.39 is 6.10 Å². The second-order valence-electron chi connectivity index (χ2n) is 6.06. The van der Waals surface area contributed by atoms with E-state index in [1.807, 2.05) is 19.2 Å². The summed E-state index contributed by atoms with van der Waals surface area (Å²) in [7, 11) is 0. The predicted molar refractivity (Wildman–Crippen MR) is 87.4 cm³/mol. The van der Waals surface area contributed by atoms with Gasteiger partial charge in [0.15, 0.2) is 0 Å². The molecule has 1 saturated carbocycles. The topological polar surface area (TPSA) is 89.3 Å². The van der Waals surface area contributed by atoms with Crippen molar-refractivity contribution in [1.82, 2.24) is 20.1 Å². The zero-order valence-electron chi connectivity index (χ0n) is 13.6. The Kier molecular flexibility index (Phi) is 5.10. The minimum atomic E-state index is -0.721. The molecule has 1 fully saturated rings. The van der Waals surface area contributed by atoms with E-state index in [1.165, 1.54) is 0 Å². The van der Waals surface area contributed by atoms with Crippen LogP contribution in [0.15, 0.2) is 36.8 Å². The molecule has 1 aliphatic rings. The maximum atomic E-state index is 12.1. The van der Waals surface area contributed by atoms with E-state index in [0.717, 1.165) is 5.69 Å². The molecule has 7 nitrogen and oxygen atoms in total. The molecule has 3 rings (SSSR count). The number of hydrogen-bond donors (Lipinski definition) is 2. The Balaban J connectivity index is 1.46. The SMILES string of the molecule is Cc1ccn(CCC(=O)N[C@@H]2CC[C@@H](Oc3cccnc3)[C@@H]2O)n1. The Morgan fingerprint density at radius 1 is 1.46 bits per heavy atom. The van der Waals surface area contributed by atoms with Crippen molar-refractivity contribution in [2.45, 2.75) is 51.0 Å². The highest BCUT2D eigenvalue weighted by Crippen LogP contribution is 2.25. The molecule has 0 radical (unpaired) electrons. The van der Waals surface area contributed by atoms with Gasteiger partial charge in [0, 0.05) is 25.4 Å². The largest absolute Gasteiger partial charge is 0.486 e. The lowest BCUT2D eigenvalue weighted by Crippen LogP contribution is -2.44. The Hall–Kier alpha value is -2.41. The van der Waals surface area contributed by atoms with Crippen molar-refractivity contribution in [3.8, 4) is 5.75 Å². The number of aryl methyl sites for hydroxylation is 2. The highest BCUT2D eigenvalue weighted by molar-refractivity contribution is 5.76. The van der Waals surface area contributed by atoms with Crippen molar-refractivity contribution >= 4 is 5.91 Å². The second-order valence-corrected chi connectivity index (χ2v) is 6.06. The molecular weight excluding hydrogens is 308 g/mol. The number of amides is 1. The first-order valence-corrected chi connectivity index (χ1v) is 8.16. The fraction of sp³-hybridized carbons (Fsp3) is 0.471. The van der Waals surface area contributed by atoms with Gasteiger partial charge in [-0.1, -0.05) is 0 Å². The van der Waals surface area contributed by atoms with Gasteiger partial charge in [-0.25, -0.2) is 0 Å². The molecule has 2 N–H and O–H groups in total. The monoisotopic (exact) mass is 330 g/mol. The molecule has 0 saturated heterocycles. The maximum absolute atomic E-state index is 12.1. The fourth-order valence-corrected chi connectivity index (χ4v) is 2.90. The van der Waals surface area contributed by atoms with Gasteiger partial charge in [0.05, 0.1) is 17.9 Å². The van der Waals surface area contributed by atoms with E-state index in [4.69, 9.17) is 4.74 Å². The van der Waals surface area contributed by atoms with Crippen LogP contribution in [0.3, 0.4) is 0 Å². The number of aliphatic hydroxyl groups is 1. The van der Waals surface area contributed by atoms with Crippen LogP contribution in [0.25, 0.3) is 0 Å². The van der Waals surface area contributed by atoms with Gasteiger partial charge in [0.1, 0.15) is 18.0 Å². The normalized spacial score (nSPS) is 23.2. The number of ether oxygens (including phenoxy) is 1. The number of carbonyl (C=O) groups is 1. The van der Waals surface area contributed by atoms with Gasteiger partial charge in [-0.3, -0.25) is 14.5 Å². The number of pyridine rings is 1. The summed E-state index contributed by atoms with van der Waals surface area (Å²) in [6.07, 6.45) is 5.81. The zero-order valence-corrected chi connectivity index (χ0v) is 13.6. The molecule has 0 aliphatic heterocycles. The van der Waals surface area contributed by atoms with Gasteiger partial charge in [0.25, 0.3) is 0 Å². The van der Waals surface area contributed by atoms with Crippen LogP contribution in [0.5, 0.6) is 5.75 Å². The van der Waals surface area contributed by atoms with Crippen LogP contribution in [0.1, 0.15) is 25.0 Å². The Labute approximate surface area is 140 Å². The minimum Gasteiger partial charge on any atom is -0.486 e. The number of hydrogen-bond acceptors (Lipinski definition) is 5. The smallest absolute Gasteiger partial charge is 0.222 e. The molecule has 3 atom stereocenters. The van der Waals surface area contributed by atoms with E-state index in [1.54, 1.807) is 29.2 Å². The third-order valence-electron chi connectivity index (χ3n) is 4.17. The first kappa shape index (κ1) is 16.4. The summed E-state index contributed by atoms with van der Waals surface area (Å²) >= 11 is 0. The lowest BCUT2D eigenvalue weighted by Gasteiger charge is -2.21. The number of aromatic nitrogens is 3. The molecule has 1 aliphatic carbocycles. The summed E-state index contributed by atoms with van der Waals surface area (Å²) in [5.74, 6) is 0.539.